The van der Waals surface area contributed by atoms with Gasteiger partial charge in [0, 0.05) is 19.6 Å². The molecule has 1 aromatic rings. The number of aliphatic hydroxyl groups excluding tert-OH is 1. The number of thiazole rings is 1. The Bertz CT molecular complexity index is 377. The van der Waals surface area contributed by atoms with Crippen molar-refractivity contribution in [3.63, 3.8) is 0 Å². The molecule has 0 saturated heterocycles. The summed E-state index contributed by atoms with van der Waals surface area (Å²) in [5, 5.41) is 10.5. The molecule has 0 aliphatic heterocycles. The largest absolute Gasteiger partial charge is 0.391 e. The van der Waals surface area contributed by atoms with E-state index in [1.165, 1.54) is 0 Å². The summed E-state index contributed by atoms with van der Waals surface area (Å²) in [4.78, 5) is 10.3. The minimum Gasteiger partial charge on any atom is -0.391 e. The molecule has 1 aromatic heterocycles. The predicted octanol–water partition coefficient (Wildman–Crippen LogP) is 2.54. The summed E-state index contributed by atoms with van der Waals surface area (Å²) in [5.41, 5.74) is 1.05. The lowest BCUT2D eigenvalue weighted by molar-refractivity contribution is 0.283. The summed E-state index contributed by atoms with van der Waals surface area (Å²) < 4.78 is 0. The first-order valence-corrected chi connectivity index (χ1v) is 7.81. The van der Waals surface area contributed by atoms with Gasteiger partial charge in [-0.3, -0.25) is 0 Å². The van der Waals surface area contributed by atoms with Gasteiger partial charge in [-0.15, -0.1) is 0 Å². The van der Waals surface area contributed by atoms with E-state index < -0.39 is 0 Å². The van der Waals surface area contributed by atoms with Gasteiger partial charge in [-0.25, -0.2) is 4.98 Å². The maximum absolute atomic E-state index is 9.45. The van der Waals surface area contributed by atoms with E-state index >= 15 is 0 Å². The van der Waals surface area contributed by atoms with E-state index in [1.807, 2.05) is 0 Å². The Hall–Kier alpha value is -0.650. The molecule has 0 radical (unpaired) electrons. The quantitative estimate of drug-likeness (QED) is 0.797. The van der Waals surface area contributed by atoms with Gasteiger partial charge in [0.1, 0.15) is 0 Å². The molecule has 0 unspecified atom stereocenters. The van der Waals surface area contributed by atoms with E-state index in [9.17, 15) is 5.11 Å². The zero-order valence-electron chi connectivity index (χ0n) is 12.8. The third-order valence-electron chi connectivity index (χ3n) is 2.99. The van der Waals surface area contributed by atoms with Crippen molar-refractivity contribution >= 4 is 16.5 Å². The number of likely N-dealkylation sites (N-methyl/N-ethyl adjacent to an activating group) is 1. The monoisotopic (exact) mass is 285 g/mol. The van der Waals surface area contributed by atoms with Crippen LogP contribution in [0, 0.1) is 0 Å². The molecule has 1 heterocycles. The third kappa shape index (κ3) is 4.75. The Morgan fingerprint density at radius 2 is 1.89 bits per heavy atom. The highest BCUT2D eigenvalue weighted by molar-refractivity contribution is 7.15. The fourth-order valence-corrected chi connectivity index (χ4v) is 3.07. The molecule has 0 amide bonds. The van der Waals surface area contributed by atoms with E-state index in [1.54, 1.807) is 11.3 Å². The van der Waals surface area contributed by atoms with Crippen LogP contribution in [0.15, 0.2) is 0 Å². The van der Waals surface area contributed by atoms with Gasteiger partial charge in [0.25, 0.3) is 0 Å². The van der Waals surface area contributed by atoms with Gasteiger partial charge in [0.15, 0.2) is 5.13 Å². The first-order valence-electron chi connectivity index (χ1n) is 6.99. The van der Waals surface area contributed by atoms with Crippen LogP contribution >= 0.6 is 11.3 Å². The Morgan fingerprint density at radius 1 is 1.21 bits per heavy atom. The molecule has 1 N–H and O–H groups in total. The van der Waals surface area contributed by atoms with E-state index in [0.717, 1.165) is 41.8 Å². The van der Waals surface area contributed by atoms with Gasteiger partial charge in [-0.1, -0.05) is 32.1 Å². The molecule has 0 atom stereocenters. The number of hydrogen-bond acceptors (Lipinski definition) is 5. The Labute approximate surface area is 121 Å². The van der Waals surface area contributed by atoms with Gasteiger partial charge >= 0.3 is 0 Å². The lowest BCUT2D eigenvalue weighted by Crippen LogP contribution is -2.32. The van der Waals surface area contributed by atoms with E-state index in [2.05, 4.69) is 44.7 Å². The molecule has 0 saturated carbocycles. The normalized spacial score (nSPS) is 11.6. The fraction of sp³-hybridized carbons (Fsp3) is 0.786. The van der Waals surface area contributed by atoms with Crippen LogP contribution in [0.3, 0.4) is 0 Å². The third-order valence-corrected chi connectivity index (χ3v) is 4.10. The second kappa shape index (κ2) is 7.82. The maximum Gasteiger partial charge on any atom is 0.185 e. The number of aliphatic hydroxyl groups is 1. The van der Waals surface area contributed by atoms with Crippen LogP contribution in [0.4, 0.5) is 5.13 Å². The average Bonchev–Trinajstić information content (AvgIpc) is 2.78. The van der Waals surface area contributed by atoms with Crippen molar-refractivity contribution in [3.05, 3.63) is 10.6 Å². The summed E-state index contributed by atoms with van der Waals surface area (Å²) in [6.07, 6.45) is 1.11. The minimum absolute atomic E-state index is 0.0961. The molecule has 4 nitrogen and oxygen atoms in total. The standard InChI is InChI=1S/C14H27N3OS/c1-6-7-17(9-8-16(4)5)14-15-13(11(2)3)12(10-18)19-14/h11,18H,6-10H2,1-5H3. The summed E-state index contributed by atoms with van der Waals surface area (Å²) >= 11 is 1.63. The fourth-order valence-electron chi connectivity index (χ4n) is 1.94. The molecule has 1 rings (SSSR count). The zero-order chi connectivity index (χ0) is 14.4. The summed E-state index contributed by atoms with van der Waals surface area (Å²) in [6, 6.07) is 0. The minimum atomic E-state index is 0.0961. The first-order chi connectivity index (χ1) is 8.99. The molecule has 5 heteroatoms. The highest BCUT2D eigenvalue weighted by atomic mass is 32.1. The van der Waals surface area contributed by atoms with Gasteiger partial charge in [0.2, 0.25) is 0 Å². The molecule has 0 aliphatic carbocycles. The van der Waals surface area contributed by atoms with Crippen molar-refractivity contribution in [2.75, 3.05) is 38.6 Å². The number of rotatable bonds is 8. The molecular weight excluding hydrogens is 258 g/mol. The Balaban J connectivity index is 2.89. The molecule has 0 aromatic carbocycles. The van der Waals surface area contributed by atoms with Crippen molar-refractivity contribution < 1.29 is 5.11 Å². The van der Waals surface area contributed by atoms with Crippen molar-refractivity contribution in [2.24, 2.45) is 0 Å². The highest BCUT2D eigenvalue weighted by Crippen LogP contribution is 2.30. The second-order valence-electron chi connectivity index (χ2n) is 5.41. The van der Waals surface area contributed by atoms with Crippen LogP contribution in [-0.2, 0) is 6.61 Å². The molecule has 110 valence electrons. The van der Waals surface area contributed by atoms with Gasteiger partial charge in [-0.2, -0.15) is 0 Å². The summed E-state index contributed by atoms with van der Waals surface area (Å²) in [5.74, 6) is 0.365. The van der Waals surface area contributed by atoms with Crippen LogP contribution in [0.5, 0.6) is 0 Å². The summed E-state index contributed by atoms with van der Waals surface area (Å²) in [6.45, 7) is 9.56. The Morgan fingerprint density at radius 3 is 2.32 bits per heavy atom. The molecular formula is C14H27N3OS. The summed E-state index contributed by atoms with van der Waals surface area (Å²) in [7, 11) is 4.18. The van der Waals surface area contributed by atoms with Gasteiger partial charge in [-0.05, 0) is 26.4 Å². The first kappa shape index (κ1) is 16.4. The van der Waals surface area contributed by atoms with E-state index in [-0.39, 0.29) is 6.61 Å². The van der Waals surface area contributed by atoms with Crippen LogP contribution in [0.1, 0.15) is 43.7 Å². The molecule has 0 fully saturated rings. The smallest absolute Gasteiger partial charge is 0.185 e. The zero-order valence-corrected chi connectivity index (χ0v) is 13.6. The lowest BCUT2D eigenvalue weighted by Gasteiger charge is -2.23. The number of hydrogen-bond donors (Lipinski definition) is 1. The molecule has 19 heavy (non-hydrogen) atoms. The predicted molar refractivity (Wildman–Crippen MR) is 83.2 cm³/mol. The van der Waals surface area contributed by atoms with Crippen LogP contribution < -0.4 is 4.90 Å². The highest BCUT2D eigenvalue weighted by Gasteiger charge is 2.17. The second-order valence-corrected chi connectivity index (χ2v) is 6.47. The molecule has 0 bridgehead atoms. The van der Waals surface area contributed by atoms with Crippen LogP contribution in [0.25, 0.3) is 0 Å². The van der Waals surface area contributed by atoms with E-state index in [4.69, 9.17) is 4.98 Å². The number of aromatic nitrogens is 1. The average molecular weight is 285 g/mol. The van der Waals surface area contributed by atoms with Crippen molar-refractivity contribution in [1.29, 1.82) is 0 Å². The van der Waals surface area contributed by atoms with Gasteiger partial charge < -0.3 is 14.9 Å². The van der Waals surface area contributed by atoms with Crippen LogP contribution in [-0.4, -0.2) is 48.7 Å². The van der Waals surface area contributed by atoms with Gasteiger partial charge in [0.05, 0.1) is 17.2 Å². The lowest BCUT2D eigenvalue weighted by atomic mass is 10.1. The van der Waals surface area contributed by atoms with Crippen molar-refractivity contribution in [3.8, 4) is 0 Å². The maximum atomic E-state index is 9.45. The van der Waals surface area contributed by atoms with Crippen molar-refractivity contribution in [2.45, 2.75) is 39.7 Å². The molecule has 0 aliphatic rings. The number of nitrogens with zero attached hydrogens (tertiary/aromatic N) is 3. The van der Waals surface area contributed by atoms with Crippen molar-refractivity contribution in [1.82, 2.24) is 9.88 Å². The van der Waals surface area contributed by atoms with E-state index in [0.29, 0.717) is 5.92 Å². The topological polar surface area (TPSA) is 39.6 Å². The number of anilines is 1. The molecule has 0 spiro atoms. The van der Waals surface area contributed by atoms with Crippen LogP contribution in [0.2, 0.25) is 0 Å². The SMILES string of the molecule is CCCN(CCN(C)C)c1nc(C(C)C)c(CO)s1. The Kier molecular flexibility index (Phi) is 6.75.